The van der Waals surface area contributed by atoms with Crippen LogP contribution >= 0.6 is 0 Å². The van der Waals surface area contributed by atoms with E-state index in [0.29, 0.717) is 25.5 Å². The Bertz CT molecular complexity index is 456. The Morgan fingerprint density at radius 3 is 2.94 bits per heavy atom. The summed E-state index contributed by atoms with van der Waals surface area (Å²) in [5.74, 6) is -1.02. The van der Waals surface area contributed by atoms with Gasteiger partial charge in [0.05, 0.1) is 25.3 Å². The Balaban J connectivity index is 2.06. The van der Waals surface area contributed by atoms with E-state index in [1.165, 1.54) is 12.3 Å². The summed E-state index contributed by atoms with van der Waals surface area (Å²) in [4.78, 5) is 23.8. The first-order valence-electron chi connectivity index (χ1n) is 5.49. The number of hydrogen-bond acceptors (Lipinski definition) is 5. The second kappa shape index (κ2) is 5.19. The van der Waals surface area contributed by atoms with Gasteiger partial charge in [-0.1, -0.05) is 0 Å². The number of primary amides is 1. The molecular formula is C11H14N2O5. The van der Waals surface area contributed by atoms with Gasteiger partial charge in [-0.3, -0.25) is 9.69 Å². The fraction of sp³-hybridized carbons (Fsp3) is 0.455. The summed E-state index contributed by atoms with van der Waals surface area (Å²) in [6, 6.07) is 0.938. The molecule has 1 amide bonds. The molecule has 7 nitrogen and oxygen atoms in total. The van der Waals surface area contributed by atoms with E-state index < -0.39 is 17.9 Å². The van der Waals surface area contributed by atoms with Crippen molar-refractivity contribution >= 4 is 11.9 Å². The maximum atomic E-state index is 11.2. The SMILES string of the molecule is NC(=O)C1COCCN1Cc1cc(C(=O)O)co1. The van der Waals surface area contributed by atoms with Crippen molar-refractivity contribution in [3.05, 3.63) is 23.7 Å². The number of carbonyl (C=O) groups is 2. The zero-order valence-corrected chi connectivity index (χ0v) is 9.67. The minimum absolute atomic E-state index is 0.0916. The molecular weight excluding hydrogens is 240 g/mol. The topological polar surface area (TPSA) is 106 Å². The van der Waals surface area contributed by atoms with Gasteiger partial charge in [-0.2, -0.15) is 0 Å². The number of ether oxygens (including phenoxy) is 1. The number of nitrogens with zero attached hydrogens (tertiary/aromatic N) is 1. The lowest BCUT2D eigenvalue weighted by atomic mass is 10.2. The monoisotopic (exact) mass is 254 g/mol. The lowest BCUT2D eigenvalue weighted by Gasteiger charge is -2.32. The molecule has 7 heteroatoms. The summed E-state index contributed by atoms with van der Waals surface area (Å²) in [6.45, 7) is 1.65. The normalized spacial score (nSPS) is 20.8. The van der Waals surface area contributed by atoms with Crippen LogP contribution in [0.15, 0.2) is 16.7 Å². The van der Waals surface area contributed by atoms with E-state index in [4.69, 9.17) is 20.0 Å². The van der Waals surface area contributed by atoms with E-state index in [1.54, 1.807) is 0 Å². The van der Waals surface area contributed by atoms with Crippen LogP contribution in [-0.2, 0) is 16.1 Å². The van der Waals surface area contributed by atoms with Gasteiger partial charge in [0.15, 0.2) is 0 Å². The molecule has 0 aliphatic carbocycles. The molecule has 1 atom stereocenters. The predicted octanol–water partition coefficient (Wildman–Crippen LogP) is -0.336. The van der Waals surface area contributed by atoms with E-state index in [1.807, 2.05) is 4.90 Å². The standard InChI is InChI=1S/C11H14N2O5/c12-10(14)9-6-17-2-1-13(9)4-8-3-7(5-18-8)11(15)16/h3,5,9H,1-2,4,6H2,(H2,12,14)(H,15,16). The van der Waals surface area contributed by atoms with Crippen LogP contribution in [0, 0.1) is 0 Å². The van der Waals surface area contributed by atoms with Crippen molar-refractivity contribution in [3.8, 4) is 0 Å². The number of carboxylic acid groups (broad SMARTS) is 1. The Labute approximate surface area is 103 Å². The predicted molar refractivity (Wildman–Crippen MR) is 59.9 cm³/mol. The third-order valence-electron chi connectivity index (χ3n) is 2.83. The zero-order valence-electron chi connectivity index (χ0n) is 9.67. The number of furan rings is 1. The van der Waals surface area contributed by atoms with Crippen molar-refractivity contribution in [2.24, 2.45) is 5.73 Å². The molecule has 1 saturated heterocycles. The minimum Gasteiger partial charge on any atom is -0.478 e. The van der Waals surface area contributed by atoms with Gasteiger partial charge in [0.1, 0.15) is 18.1 Å². The van der Waals surface area contributed by atoms with Crippen molar-refractivity contribution in [2.45, 2.75) is 12.6 Å². The van der Waals surface area contributed by atoms with Crippen LogP contribution in [0.5, 0.6) is 0 Å². The van der Waals surface area contributed by atoms with Gasteiger partial charge < -0.3 is 20.0 Å². The molecule has 0 radical (unpaired) electrons. The van der Waals surface area contributed by atoms with Gasteiger partial charge in [0.25, 0.3) is 0 Å². The fourth-order valence-corrected chi connectivity index (χ4v) is 1.87. The van der Waals surface area contributed by atoms with Crippen molar-refractivity contribution in [3.63, 3.8) is 0 Å². The number of rotatable bonds is 4. The average Bonchev–Trinajstić information content (AvgIpc) is 2.78. The smallest absolute Gasteiger partial charge is 0.338 e. The molecule has 1 aromatic rings. The van der Waals surface area contributed by atoms with E-state index >= 15 is 0 Å². The number of hydrogen-bond donors (Lipinski definition) is 2. The van der Waals surface area contributed by atoms with Gasteiger partial charge in [0.2, 0.25) is 5.91 Å². The maximum Gasteiger partial charge on any atom is 0.338 e. The van der Waals surface area contributed by atoms with Crippen molar-refractivity contribution < 1.29 is 23.8 Å². The maximum absolute atomic E-state index is 11.2. The highest BCUT2D eigenvalue weighted by molar-refractivity contribution is 5.87. The van der Waals surface area contributed by atoms with E-state index in [-0.39, 0.29) is 12.2 Å². The number of carboxylic acids is 1. The first-order chi connectivity index (χ1) is 8.58. The molecule has 0 saturated carbocycles. The number of aromatic carboxylic acids is 1. The first-order valence-corrected chi connectivity index (χ1v) is 5.49. The summed E-state index contributed by atoms with van der Waals surface area (Å²) >= 11 is 0. The molecule has 0 bridgehead atoms. The summed E-state index contributed by atoms with van der Waals surface area (Å²) in [6.07, 6.45) is 1.18. The fourth-order valence-electron chi connectivity index (χ4n) is 1.87. The number of nitrogens with two attached hydrogens (primary N) is 1. The molecule has 1 aromatic heterocycles. The Morgan fingerprint density at radius 2 is 2.33 bits per heavy atom. The minimum atomic E-state index is -1.04. The highest BCUT2D eigenvalue weighted by atomic mass is 16.5. The van der Waals surface area contributed by atoms with Crippen LogP contribution in [0.4, 0.5) is 0 Å². The van der Waals surface area contributed by atoms with Crippen molar-refractivity contribution in [1.82, 2.24) is 4.90 Å². The second-order valence-electron chi connectivity index (χ2n) is 4.07. The zero-order chi connectivity index (χ0) is 13.1. The van der Waals surface area contributed by atoms with Gasteiger partial charge in [-0.25, -0.2) is 4.79 Å². The van der Waals surface area contributed by atoms with Gasteiger partial charge in [-0.05, 0) is 6.07 Å². The summed E-state index contributed by atoms with van der Waals surface area (Å²) < 4.78 is 10.3. The van der Waals surface area contributed by atoms with Crippen LogP contribution in [-0.4, -0.2) is 47.7 Å². The number of morpholine rings is 1. The summed E-state index contributed by atoms with van der Waals surface area (Å²) in [5.41, 5.74) is 5.37. The lowest BCUT2D eigenvalue weighted by molar-refractivity contribution is -0.129. The third kappa shape index (κ3) is 2.69. The van der Waals surface area contributed by atoms with Crippen LogP contribution < -0.4 is 5.73 Å². The van der Waals surface area contributed by atoms with Crippen LogP contribution in [0.1, 0.15) is 16.1 Å². The molecule has 18 heavy (non-hydrogen) atoms. The Morgan fingerprint density at radius 1 is 1.56 bits per heavy atom. The van der Waals surface area contributed by atoms with Crippen molar-refractivity contribution in [2.75, 3.05) is 19.8 Å². The van der Waals surface area contributed by atoms with Crippen LogP contribution in [0.25, 0.3) is 0 Å². The molecule has 1 fully saturated rings. The van der Waals surface area contributed by atoms with Crippen molar-refractivity contribution in [1.29, 1.82) is 0 Å². The average molecular weight is 254 g/mol. The van der Waals surface area contributed by atoms with E-state index in [2.05, 4.69) is 0 Å². The number of carbonyl (C=O) groups excluding carboxylic acids is 1. The molecule has 2 heterocycles. The van der Waals surface area contributed by atoms with Crippen LogP contribution in [0.3, 0.4) is 0 Å². The molecule has 1 unspecified atom stereocenters. The molecule has 0 aromatic carbocycles. The second-order valence-corrected chi connectivity index (χ2v) is 4.07. The van der Waals surface area contributed by atoms with Crippen LogP contribution in [0.2, 0.25) is 0 Å². The largest absolute Gasteiger partial charge is 0.478 e. The number of amides is 1. The highest BCUT2D eigenvalue weighted by Gasteiger charge is 2.28. The molecule has 0 spiro atoms. The highest BCUT2D eigenvalue weighted by Crippen LogP contribution is 2.15. The van der Waals surface area contributed by atoms with Gasteiger partial charge in [-0.15, -0.1) is 0 Å². The Kier molecular flexibility index (Phi) is 3.63. The first kappa shape index (κ1) is 12.6. The molecule has 3 N–H and O–H groups in total. The quantitative estimate of drug-likeness (QED) is 0.761. The van der Waals surface area contributed by atoms with Gasteiger partial charge in [0, 0.05) is 6.54 Å². The van der Waals surface area contributed by atoms with Gasteiger partial charge >= 0.3 is 5.97 Å². The lowest BCUT2D eigenvalue weighted by Crippen LogP contribution is -2.51. The summed E-state index contributed by atoms with van der Waals surface area (Å²) in [5, 5.41) is 8.78. The molecule has 1 aliphatic heterocycles. The Hall–Kier alpha value is -1.86. The molecule has 1 aliphatic rings. The van der Waals surface area contributed by atoms with E-state index in [9.17, 15) is 9.59 Å². The molecule has 98 valence electrons. The molecule has 2 rings (SSSR count). The summed E-state index contributed by atoms with van der Waals surface area (Å²) in [7, 11) is 0. The van der Waals surface area contributed by atoms with E-state index in [0.717, 1.165) is 0 Å². The third-order valence-corrected chi connectivity index (χ3v) is 2.83.